The van der Waals surface area contributed by atoms with Crippen LogP contribution in [-0.2, 0) is 0 Å². The summed E-state index contributed by atoms with van der Waals surface area (Å²) in [4.78, 5) is 11.2. The number of carbonyl (C=O) groups is 1. The number of alkyl halides is 3. The molecule has 1 rings (SSSR count). The second-order valence-electron chi connectivity index (χ2n) is 3.74. The highest BCUT2D eigenvalue weighted by atomic mass is 19.4. The molecule has 0 saturated carbocycles. The van der Waals surface area contributed by atoms with Crippen molar-refractivity contribution in [1.82, 2.24) is 0 Å². The molecule has 0 radical (unpaired) electrons. The van der Waals surface area contributed by atoms with E-state index in [-0.39, 0.29) is 11.3 Å². The van der Waals surface area contributed by atoms with Crippen molar-refractivity contribution in [2.75, 3.05) is 7.11 Å². The van der Waals surface area contributed by atoms with E-state index in [1.165, 1.54) is 0 Å². The fraction of sp³-hybridized carbons (Fsp3) is 0.333. The monoisotopic (exact) mass is 289 g/mol. The molecule has 0 aromatic heterocycles. The Labute approximate surface area is 112 Å². The van der Waals surface area contributed by atoms with Gasteiger partial charge in [-0.15, -0.1) is 0 Å². The van der Waals surface area contributed by atoms with Gasteiger partial charge in [0.25, 0.3) is 0 Å². The topological polar surface area (TPSA) is 79.5 Å². The molecular weight excluding hydrogens is 279 g/mol. The molecule has 1 atom stereocenters. The van der Waals surface area contributed by atoms with Crippen molar-refractivity contribution in [1.29, 1.82) is 5.26 Å². The number of ether oxygens (including phenoxy) is 2. The van der Waals surface area contributed by atoms with Crippen molar-refractivity contribution in [2.24, 2.45) is 0 Å². The van der Waals surface area contributed by atoms with Crippen LogP contribution in [-0.4, -0.2) is 30.5 Å². The lowest BCUT2D eigenvalue weighted by molar-refractivity contribution is -0.189. The van der Waals surface area contributed by atoms with E-state index in [1.807, 2.05) is 0 Å². The first-order chi connectivity index (χ1) is 9.22. The first-order valence-electron chi connectivity index (χ1n) is 5.30. The van der Waals surface area contributed by atoms with Gasteiger partial charge in [-0.2, -0.15) is 18.4 Å². The van der Waals surface area contributed by atoms with E-state index in [1.54, 1.807) is 6.07 Å². The highest BCUT2D eigenvalue weighted by molar-refractivity contribution is 5.95. The lowest BCUT2D eigenvalue weighted by atomic mass is 10.1. The molecule has 0 saturated heterocycles. The van der Waals surface area contributed by atoms with Crippen LogP contribution >= 0.6 is 0 Å². The number of hydrogen-bond donors (Lipinski definition) is 1. The summed E-state index contributed by atoms with van der Waals surface area (Å²) < 4.78 is 46.7. The average molecular weight is 289 g/mol. The number of carboxylic acid groups (broad SMARTS) is 1. The quantitative estimate of drug-likeness (QED) is 0.921. The molecule has 1 aromatic rings. The Bertz CT molecular complexity index is 563. The molecule has 0 fully saturated rings. The van der Waals surface area contributed by atoms with E-state index in [0.717, 1.165) is 26.2 Å². The number of aromatic carboxylic acids is 1. The minimum Gasteiger partial charge on any atom is -0.494 e. The summed E-state index contributed by atoms with van der Waals surface area (Å²) in [6.07, 6.45) is -6.84. The Morgan fingerprint density at radius 1 is 1.45 bits per heavy atom. The van der Waals surface area contributed by atoms with Gasteiger partial charge >= 0.3 is 12.1 Å². The van der Waals surface area contributed by atoms with E-state index in [9.17, 15) is 18.0 Å². The van der Waals surface area contributed by atoms with E-state index in [2.05, 4.69) is 4.74 Å². The molecule has 0 aliphatic rings. The van der Waals surface area contributed by atoms with E-state index >= 15 is 0 Å². The predicted octanol–water partition coefficient (Wildman–Crippen LogP) is 2.59. The molecule has 0 amide bonds. The maximum atomic E-state index is 12.4. The van der Waals surface area contributed by atoms with Crippen molar-refractivity contribution < 1.29 is 32.5 Å². The normalized spacial score (nSPS) is 12.4. The molecular formula is C12H10F3NO4. The van der Waals surface area contributed by atoms with E-state index in [4.69, 9.17) is 15.1 Å². The highest BCUT2D eigenvalue weighted by Crippen LogP contribution is 2.34. The molecule has 0 aliphatic carbocycles. The summed E-state index contributed by atoms with van der Waals surface area (Å²) in [7, 11) is 1.11. The Morgan fingerprint density at radius 2 is 2.05 bits per heavy atom. The van der Waals surface area contributed by atoms with Crippen molar-refractivity contribution in [3.63, 3.8) is 0 Å². The number of halogens is 3. The number of methoxy groups -OCH3 is 1. The van der Waals surface area contributed by atoms with Gasteiger partial charge in [-0.1, -0.05) is 0 Å². The number of hydrogen-bond acceptors (Lipinski definition) is 4. The molecule has 0 aliphatic heterocycles. The van der Waals surface area contributed by atoms with Crippen LogP contribution in [0.5, 0.6) is 11.5 Å². The van der Waals surface area contributed by atoms with Crippen LogP contribution in [0.25, 0.3) is 0 Å². The van der Waals surface area contributed by atoms with Crippen molar-refractivity contribution in [3.05, 3.63) is 23.3 Å². The van der Waals surface area contributed by atoms with Crippen LogP contribution in [0.2, 0.25) is 0 Å². The summed E-state index contributed by atoms with van der Waals surface area (Å²) >= 11 is 0. The van der Waals surface area contributed by atoms with Crippen LogP contribution in [0.15, 0.2) is 12.1 Å². The van der Waals surface area contributed by atoms with Gasteiger partial charge in [0.1, 0.15) is 17.4 Å². The molecule has 0 unspecified atom stereocenters. The second-order valence-corrected chi connectivity index (χ2v) is 3.74. The van der Waals surface area contributed by atoms with Crippen molar-refractivity contribution >= 4 is 5.97 Å². The molecule has 108 valence electrons. The van der Waals surface area contributed by atoms with E-state index < -0.39 is 29.6 Å². The van der Waals surface area contributed by atoms with Gasteiger partial charge in [0.05, 0.1) is 12.7 Å². The highest BCUT2D eigenvalue weighted by Gasteiger charge is 2.39. The minimum absolute atomic E-state index is 0.114. The molecule has 0 heterocycles. The number of carboxylic acids is 1. The van der Waals surface area contributed by atoms with Crippen LogP contribution in [0.3, 0.4) is 0 Å². The third-order valence-electron chi connectivity index (χ3n) is 2.42. The lowest BCUT2D eigenvalue weighted by Gasteiger charge is -2.20. The Morgan fingerprint density at radius 3 is 2.45 bits per heavy atom. The Hall–Kier alpha value is -2.43. The van der Waals surface area contributed by atoms with Gasteiger partial charge in [-0.05, 0) is 19.1 Å². The van der Waals surface area contributed by atoms with Gasteiger partial charge in [0.2, 0.25) is 0 Å². The first-order valence-corrected chi connectivity index (χ1v) is 5.30. The first kappa shape index (κ1) is 15.6. The van der Waals surface area contributed by atoms with Crippen LogP contribution < -0.4 is 9.47 Å². The standard InChI is InChI=1S/C12H10F3NO4/c1-6(12(13,14)15)20-8-4-3-7(5-16)10(19-2)9(8)11(17)18/h3-4,6H,1-2H3,(H,17,18)/t6-/m1/s1. The maximum absolute atomic E-state index is 12.4. The summed E-state index contributed by atoms with van der Waals surface area (Å²) in [5.74, 6) is -2.41. The largest absolute Gasteiger partial charge is 0.494 e. The summed E-state index contributed by atoms with van der Waals surface area (Å²) in [6.45, 7) is 0.746. The minimum atomic E-state index is -4.64. The van der Waals surface area contributed by atoms with Crippen molar-refractivity contribution in [2.45, 2.75) is 19.2 Å². The fourth-order valence-corrected chi connectivity index (χ4v) is 1.42. The van der Waals surface area contributed by atoms with Crippen LogP contribution in [0, 0.1) is 11.3 Å². The molecule has 8 heteroatoms. The SMILES string of the molecule is COc1c(C#N)ccc(O[C@H](C)C(F)(F)F)c1C(=O)O. The van der Waals surface area contributed by atoms with E-state index in [0.29, 0.717) is 0 Å². The molecule has 20 heavy (non-hydrogen) atoms. The van der Waals surface area contributed by atoms with Gasteiger partial charge in [-0.25, -0.2) is 4.79 Å². The Kier molecular flexibility index (Phi) is 4.45. The third-order valence-corrected chi connectivity index (χ3v) is 2.42. The predicted molar refractivity (Wildman–Crippen MR) is 60.8 cm³/mol. The number of nitriles is 1. The molecule has 0 spiro atoms. The number of nitrogens with zero attached hydrogens (tertiary/aromatic N) is 1. The van der Waals surface area contributed by atoms with Gasteiger partial charge in [-0.3, -0.25) is 0 Å². The molecule has 5 nitrogen and oxygen atoms in total. The fourth-order valence-electron chi connectivity index (χ4n) is 1.42. The van der Waals surface area contributed by atoms with Gasteiger partial charge < -0.3 is 14.6 Å². The zero-order valence-corrected chi connectivity index (χ0v) is 10.5. The zero-order chi connectivity index (χ0) is 15.5. The average Bonchev–Trinajstić information content (AvgIpc) is 2.36. The summed E-state index contributed by atoms with van der Waals surface area (Å²) in [5.41, 5.74) is -0.737. The molecule has 1 N–H and O–H groups in total. The number of benzene rings is 1. The Balaban J connectivity index is 3.35. The smallest absolute Gasteiger partial charge is 0.425 e. The summed E-state index contributed by atoms with van der Waals surface area (Å²) in [6, 6.07) is 3.81. The van der Waals surface area contributed by atoms with Gasteiger partial charge in [0.15, 0.2) is 11.9 Å². The molecule has 0 bridgehead atoms. The summed E-state index contributed by atoms with van der Waals surface area (Å²) in [5, 5.41) is 17.9. The van der Waals surface area contributed by atoms with Gasteiger partial charge in [0, 0.05) is 0 Å². The maximum Gasteiger partial charge on any atom is 0.425 e. The lowest BCUT2D eigenvalue weighted by Crippen LogP contribution is -2.31. The molecule has 1 aromatic carbocycles. The van der Waals surface area contributed by atoms with Crippen LogP contribution in [0.1, 0.15) is 22.8 Å². The number of rotatable bonds is 4. The van der Waals surface area contributed by atoms with Crippen LogP contribution in [0.4, 0.5) is 13.2 Å². The second kappa shape index (κ2) is 5.69. The third kappa shape index (κ3) is 3.12. The van der Waals surface area contributed by atoms with Crippen molar-refractivity contribution in [3.8, 4) is 17.6 Å². The zero-order valence-electron chi connectivity index (χ0n) is 10.5.